The number of carbonyl (C=O) groups excluding carboxylic acids is 1. The number of aromatic nitrogens is 3. The van der Waals surface area contributed by atoms with Gasteiger partial charge in [-0.25, -0.2) is 9.67 Å². The highest BCUT2D eigenvalue weighted by atomic mass is 16.1. The monoisotopic (exact) mass is 255 g/mol. The Morgan fingerprint density at radius 1 is 1.42 bits per heavy atom. The van der Waals surface area contributed by atoms with Crippen LogP contribution in [0.5, 0.6) is 0 Å². The van der Waals surface area contributed by atoms with Gasteiger partial charge >= 0.3 is 0 Å². The van der Waals surface area contributed by atoms with Crippen molar-refractivity contribution in [1.29, 1.82) is 0 Å². The van der Waals surface area contributed by atoms with Crippen molar-refractivity contribution in [2.24, 2.45) is 0 Å². The molecule has 4 nitrogen and oxygen atoms in total. The van der Waals surface area contributed by atoms with Gasteiger partial charge in [0.1, 0.15) is 17.9 Å². The van der Waals surface area contributed by atoms with Gasteiger partial charge in [0.2, 0.25) is 0 Å². The Balaban J connectivity index is 1.71. The van der Waals surface area contributed by atoms with Gasteiger partial charge in [-0.2, -0.15) is 5.10 Å². The molecule has 1 aromatic carbocycles. The fraction of sp³-hybridized carbons (Fsp3) is 0.400. The maximum atomic E-state index is 12.3. The summed E-state index contributed by atoms with van der Waals surface area (Å²) in [7, 11) is 0. The van der Waals surface area contributed by atoms with E-state index in [0.29, 0.717) is 6.42 Å². The van der Waals surface area contributed by atoms with E-state index in [4.69, 9.17) is 0 Å². The lowest BCUT2D eigenvalue weighted by atomic mass is 9.74. The molecule has 0 radical (unpaired) electrons. The average Bonchev–Trinajstić information content (AvgIpc) is 2.79. The third kappa shape index (κ3) is 2.18. The van der Waals surface area contributed by atoms with Crippen LogP contribution in [0.3, 0.4) is 0 Å². The van der Waals surface area contributed by atoms with Crippen molar-refractivity contribution in [3.63, 3.8) is 0 Å². The van der Waals surface area contributed by atoms with E-state index in [1.54, 1.807) is 0 Å². The minimum absolute atomic E-state index is 0.0583. The largest absolute Gasteiger partial charge is 0.299 e. The van der Waals surface area contributed by atoms with Crippen molar-refractivity contribution in [1.82, 2.24) is 14.8 Å². The molecule has 0 saturated carbocycles. The Hall–Kier alpha value is -1.97. The summed E-state index contributed by atoms with van der Waals surface area (Å²) in [6.07, 6.45) is 3.79. The molecule has 19 heavy (non-hydrogen) atoms. The third-order valence-corrected chi connectivity index (χ3v) is 3.71. The molecular formula is C15H17N3O. The van der Waals surface area contributed by atoms with Gasteiger partial charge in [-0.1, -0.05) is 31.2 Å². The van der Waals surface area contributed by atoms with Crippen LogP contribution < -0.4 is 0 Å². The van der Waals surface area contributed by atoms with Gasteiger partial charge < -0.3 is 0 Å². The number of ketones is 1. The van der Waals surface area contributed by atoms with Gasteiger partial charge in [0, 0.05) is 12.5 Å². The van der Waals surface area contributed by atoms with Crippen molar-refractivity contribution in [2.75, 3.05) is 0 Å². The molecule has 1 aromatic heterocycles. The van der Waals surface area contributed by atoms with Crippen LogP contribution in [-0.2, 0) is 24.2 Å². The molecule has 0 bridgehead atoms. The van der Waals surface area contributed by atoms with Crippen molar-refractivity contribution >= 4 is 5.78 Å². The van der Waals surface area contributed by atoms with E-state index in [1.165, 1.54) is 17.5 Å². The second-order valence-electron chi connectivity index (χ2n) is 5.00. The topological polar surface area (TPSA) is 47.8 Å². The zero-order chi connectivity index (χ0) is 13.2. The van der Waals surface area contributed by atoms with Crippen LogP contribution >= 0.6 is 0 Å². The number of hydrogen-bond acceptors (Lipinski definition) is 3. The molecule has 3 rings (SSSR count). The standard InChI is InChI=1S/C15H17N3O/c1-2-7-18-15(16-10-17-18)9-14(19)13-8-11-5-3-4-6-12(11)13/h3-6,10,13H,2,7-9H2,1H3. The normalized spacial score (nSPS) is 16.8. The maximum Gasteiger partial charge on any atom is 0.148 e. The predicted molar refractivity (Wildman–Crippen MR) is 71.9 cm³/mol. The zero-order valence-electron chi connectivity index (χ0n) is 11.0. The summed E-state index contributed by atoms with van der Waals surface area (Å²) >= 11 is 0. The molecule has 1 aliphatic rings. The van der Waals surface area contributed by atoms with E-state index in [9.17, 15) is 4.79 Å². The predicted octanol–water partition coefficient (Wildman–Crippen LogP) is 2.14. The van der Waals surface area contributed by atoms with Crippen molar-refractivity contribution in [2.45, 2.75) is 38.6 Å². The molecule has 0 spiro atoms. The first-order valence-electron chi connectivity index (χ1n) is 6.76. The maximum absolute atomic E-state index is 12.3. The molecule has 1 atom stereocenters. The number of Topliss-reactive ketones (excluding diaryl/α,β-unsaturated/α-hetero) is 1. The first-order valence-corrected chi connectivity index (χ1v) is 6.76. The first-order chi connectivity index (χ1) is 9.29. The molecule has 1 unspecified atom stereocenters. The van der Waals surface area contributed by atoms with Crippen molar-refractivity contribution in [3.05, 3.63) is 47.5 Å². The fourth-order valence-electron chi connectivity index (χ4n) is 2.65. The number of fused-ring (bicyclic) bond motifs is 1. The third-order valence-electron chi connectivity index (χ3n) is 3.71. The zero-order valence-corrected chi connectivity index (χ0v) is 11.0. The fourth-order valence-corrected chi connectivity index (χ4v) is 2.65. The van der Waals surface area contributed by atoms with Gasteiger partial charge in [-0.05, 0) is 24.0 Å². The second kappa shape index (κ2) is 4.96. The van der Waals surface area contributed by atoms with Crippen LogP contribution in [0.25, 0.3) is 0 Å². The molecule has 1 aliphatic carbocycles. The van der Waals surface area contributed by atoms with Crippen LogP contribution in [0.1, 0.15) is 36.2 Å². The lowest BCUT2D eigenvalue weighted by Crippen LogP contribution is -2.27. The molecule has 0 saturated heterocycles. The molecule has 4 heteroatoms. The smallest absolute Gasteiger partial charge is 0.148 e. The SMILES string of the molecule is CCCn1ncnc1CC(=O)C1Cc2ccccc21. The number of rotatable bonds is 5. The van der Waals surface area contributed by atoms with Crippen molar-refractivity contribution in [3.8, 4) is 0 Å². The quantitative estimate of drug-likeness (QED) is 0.822. The molecular weight excluding hydrogens is 238 g/mol. The van der Waals surface area contributed by atoms with Crippen molar-refractivity contribution < 1.29 is 4.79 Å². The Kier molecular flexibility index (Phi) is 3.15. The van der Waals surface area contributed by atoms with Gasteiger partial charge in [0.05, 0.1) is 6.42 Å². The van der Waals surface area contributed by atoms with E-state index in [1.807, 2.05) is 16.8 Å². The van der Waals surface area contributed by atoms with E-state index >= 15 is 0 Å². The van der Waals surface area contributed by atoms with Gasteiger partial charge in [-0.3, -0.25) is 4.79 Å². The first kappa shape index (κ1) is 12.1. The summed E-state index contributed by atoms with van der Waals surface area (Å²) in [4.78, 5) is 16.5. The highest BCUT2D eigenvalue weighted by Gasteiger charge is 2.31. The Morgan fingerprint density at radius 2 is 2.26 bits per heavy atom. The van der Waals surface area contributed by atoms with Gasteiger partial charge in [-0.15, -0.1) is 0 Å². The lowest BCUT2D eigenvalue weighted by molar-refractivity contribution is -0.120. The van der Waals surface area contributed by atoms with Gasteiger partial charge in [0.15, 0.2) is 0 Å². The Bertz CT molecular complexity index is 603. The summed E-state index contributed by atoms with van der Waals surface area (Å²) in [6.45, 7) is 2.92. The molecule has 0 fully saturated rings. The highest BCUT2D eigenvalue weighted by Crippen LogP contribution is 2.35. The number of nitrogens with zero attached hydrogens (tertiary/aromatic N) is 3. The summed E-state index contributed by atoms with van der Waals surface area (Å²) in [5, 5.41) is 4.16. The number of aryl methyl sites for hydroxylation is 1. The molecule has 2 aromatic rings. The van der Waals surface area contributed by atoms with Gasteiger partial charge in [0.25, 0.3) is 0 Å². The van der Waals surface area contributed by atoms with Crippen LogP contribution in [0.15, 0.2) is 30.6 Å². The molecule has 1 heterocycles. The van der Waals surface area contributed by atoms with E-state index in [-0.39, 0.29) is 11.7 Å². The van der Waals surface area contributed by atoms with Crippen LogP contribution in [0, 0.1) is 0 Å². The Labute approximate surface area is 112 Å². The summed E-state index contributed by atoms with van der Waals surface area (Å²) in [5.41, 5.74) is 2.49. The summed E-state index contributed by atoms with van der Waals surface area (Å²) in [6, 6.07) is 8.17. The number of carbonyl (C=O) groups is 1. The Morgan fingerprint density at radius 3 is 3.05 bits per heavy atom. The molecule has 0 aliphatic heterocycles. The minimum Gasteiger partial charge on any atom is -0.299 e. The van der Waals surface area contributed by atoms with E-state index < -0.39 is 0 Å². The van der Waals surface area contributed by atoms with E-state index in [0.717, 1.165) is 25.2 Å². The highest BCUT2D eigenvalue weighted by molar-refractivity contribution is 5.89. The molecule has 0 amide bonds. The molecule has 0 N–H and O–H groups in total. The minimum atomic E-state index is 0.0583. The summed E-state index contributed by atoms with van der Waals surface area (Å²) < 4.78 is 1.84. The summed E-state index contributed by atoms with van der Waals surface area (Å²) in [5.74, 6) is 1.10. The van der Waals surface area contributed by atoms with Crippen LogP contribution in [0.4, 0.5) is 0 Å². The number of benzene rings is 1. The molecule has 98 valence electrons. The van der Waals surface area contributed by atoms with Crippen LogP contribution in [0.2, 0.25) is 0 Å². The van der Waals surface area contributed by atoms with Crippen LogP contribution in [-0.4, -0.2) is 20.5 Å². The van der Waals surface area contributed by atoms with E-state index in [2.05, 4.69) is 29.1 Å². The lowest BCUT2D eigenvalue weighted by Gasteiger charge is -2.28. The second-order valence-corrected chi connectivity index (χ2v) is 5.00. The average molecular weight is 255 g/mol. The number of hydrogen-bond donors (Lipinski definition) is 0.